The molecule has 4 nitrogen and oxygen atoms in total. The fourth-order valence-electron chi connectivity index (χ4n) is 2.46. The van der Waals surface area contributed by atoms with E-state index in [2.05, 4.69) is 5.32 Å². The topological polar surface area (TPSA) is 64.3 Å². The van der Waals surface area contributed by atoms with Crippen molar-refractivity contribution in [3.63, 3.8) is 0 Å². The van der Waals surface area contributed by atoms with Gasteiger partial charge in [-0.3, -0.25) is 4.79 Å². The molecule has 0 bridgehead atoms. The molecule has 1 aliphatic rings. The van der Waals surface area contributed by atoms with Crippen molar-refractivity contribution < 1.29 is 9.53 Å². The first-order valence-corrected chi connectivity index (χ1v) is 7.07. The molecular formula is C17H18N2O2. The first-order valence-electron chi connectivity index (χ1n) is 7.07. The summed E-state index contributed by atoms with van der Waals surface area (Å²) in [6.07, 6.45) is 0.711. The highest BCUT2D eigenvalue weighted by atomic mass is 16.5. The summed E-state index contributed by atoms with van der Waals surface area (Å²) in [4.78, 5) is 12.3. The van der Waals surface area contributed by atoms with Gasteiger partial charge in [-0.15, -0.1) is 0 Å². The predicted molar refractivity (Wildman–Crippen MR) is 82.1 cm³/mol. The maximum absolute atomic E-state index is 12.3. The van der Waals surface area contributed by atoms with Gasteiger partial charge in [0, 0.05) is 12.2 Å². The molecular weight excluding hydrogens is 264 g/mol. The summed E-state index contributed by atoms with van der Waals surface area (Å²) in [6, 6.07) is 15.4. The number of carbonyl (C=O) groups is 1. The van der Waals surface area contributed by atoms with E-state index in [0.717, 1.165) is 22.6 Å². The van der Waals surface area contributed by atoms with Crippen molar-refractivity contribution in [2.24, 2.45) is 11.7 Å². The highest BCUT2D eigenvalue weighted by Crippen LogP contribution is 2.27. The van der Waals surface area contributed by atoms with Crippen LogP contribution in [0.4, 0.5) is 5.69 Å². The quantitative estimate of drug-likeness (QED) is 0.908. The number of hydrogen-bond acceptors (Lipinski definition) is 3. The molecule has 21 heavy (non-hydrogen) atoms. The van der Waals surface area contributed by atoms with Gasteiger partial charge in [0.15, 0.2) is 0 Å². The van der Waals surface area contributed by atoms with E-state index in [9.17, 15) is 4.79 Å². The Hall–Kier alpha value is -2.33. The number of amides is 1. The van der Waals surface area contributed by atoms with E-state index in [1.807, 2.05) is 48.5 Å². The fourth-order valence-corrected chi connectivity index (χ4v) is 2.46. The summed E-state index contributed by atoms with van der Waals surface area (Å²) in [5, 5.41) is 2.93. The molecule has 0 fully saturated rings. The van der Waals surface area contributed by atoms with Crippen LogP contribution in [0.15, 0.2) is 48.5 Å². The first kappa shape index (κ1) is 13.6. The van der Waals surface area contributed by atoms with Gasteiger partial charge >= 0.3 is 0 Å². The van der Waals surface area contributed by atoms with E-state index in [1.165, 1.54) is 0 Å². The fraction of sp³-hybridized carbons (Fsp3) is 0.235. The van der Waals surface area contributed by atoms with Gasteiger partial charge in [-0.25, -0.2) is 0 Å². The van der Waals surface area contributed by atoms with Gasteiger partial charge in [0.05, 0.1) is 5.92 Å². The number of rotatable bonds is 3. The van der Waals surface area contributed by atoms with Crippen molar-refractivity contribution in [1.82, 2.24) is 0 Å². The van der Waals surface area contributed by atoms with Crippen LogP contribution in [0.1, 0.15) is 11.1 Å². The Morgan fingerprint density at radius 1 is 1.19 bits per heavy atom. The Kier molecular flexibility index (Phi) is 3.88. The number of nitrogens with one attached hydrogen (secondary N) is 1. The highest BCUT2D eigenvalue weighted by molar-refractivity contribution is 5.93. The molecule has 1 heterocycles. The normalized spacial score (nSPS) is 16.7. The molecule has 0 radical (unpaired) electrons. The van der Waals surface area contributed by atoms with E-state index in [1.54, 1.807) is 0 Å². The minimum atomic E-state index is -0.158. The maximum Gasteiger partial charge on any atom is 0.231 e. The van der Waals surface area contributed by atoms with Crippen LogP contribution >= 0.6 is 0 Å². The molecule has 0 aromatic heterocycles. The Bertz CT molecular complexity index is 637. The minimum Gasteiger partial charge on any atom is -0.492 e. The van der Waals surface area contributed by atoms with E-state index in [0.29, 0.717) is 19.6 Å². The Balaban J connectivity index is 1.66. The number of fused-ring (bicyclic) bond motifs is 1. The van der Waals surface area contributed by atoms with E-state index in [4.69, 9.17) is 10.5 Å². The minimum absolute atomic E-state index is 0.00926. The first-order chi connectivity index (χ1) is 10.3. The van der Waals surface area contributed by atoms with Gasteiger partial charge < -0.3 is 15.8 Å². The van der Waals surface area contributed by atoms with E-state index >= 15 is 0 Å². The van der Waals surface area contributed by atoms with Crippen molar-refractivity contribution in [3.05, 3.63) is 59.7 Å². The summed E-state index contributed by atoms with van der Waals surface area (Å²) < 4.78 is 5.65. The third-order valence-corrected chi connectivity index (χ3v) is 3.71. The van der Waals surface area contributed by atoms with Gasteiger partial charge in [-0.05, 0) is 35.7 Å². The number of benzene rings is 2. The third kappa shape index (κ3) is 3.06. The molecule has 3 N–H and O–H groups in total. The second-order valence-electron chi connectivity index (χ2n) is 5.21. The molecule has 1 aliphatic heterocycles. The van der Waals surface area contributed by atoms with E-state index < -0.39 is 0 Å². The van der Waals surface area contributed by atoms with Crippen molar-refractivity contribution in [2.45, 2.75) is 13.0 Å². The average molecular weight is 282 g/mol. The largest absolute Gasteiger partial charge is 0.492 e. The van der Waals surface area contributed by atoms with Crippen molar-refractivity contribution in [1.29, 1.82) is 0 Å². The zero-order valence-electron chi connectivity index (χ0n) is 11.7. The van der Waals surface area contributed by atoms with Crippen molar-refractivity contribution in [3.8, 4) is 5.75 Å². The standard InChI is InChI=1S/C17H18N2O2/c18-10-12-5-7-15(8-6-12)19-17(20)14-9-13-3-1-2-4-16(13)21-11-14/h1-8,14H,9-11,18H2,(H,19,20). The second kappa shape index (κ2) is 5.97. The van der Waals surface area contributed by atoms with Crippen LogP contribution in [0, 0.1) is 5.92 Å². The van der Waals surface area contributed by atoms with E-state index in [-0.39, 0.29) is 11.8 Å². The number of nitrogens with two attached hydrogens (primary N) is 1. The molecule has 1 unspecified atom stereocenters. The summed E-state index contributed by atoms with van der Waals surface area (Å²) in [7, 11) is 0. The SMILES string of the molecule is NCc1ccc(NC(=O)C2COc3ccccc3C2)cc1. The molecule has 0 saturated heterocycles. The number of anilines is 1. The molecule has 3 rings (SSSR count). The van der Waals surface area contributed by atoms with Crippen LogP contribution in [0.25, 0.3) is 0 Å². The summed E-state index contributed by atoms with van der Waals surface area (Å²) in [6.45, 7) is 0.922. The number of ether oxygens (including phenoxy) is 1. The number of hydrogen-bond donors (Lipinski definition) is 2. The summed E-state index contributed by atoms with van der Waals surface area (Å²) in [5.41, 5.74) is 8.48. The van der Waals surface area contributed by atoms with Gasteiger partial charge in [-0.2, -0.15) is 0 Å². The lowest BCUT2D eigenvalue weighted by molar-refractivity contribution is -0.121. The van der Waals surface area contributed by atoms with Crippen molar-refractivity contribution in [2.75, 3.05) is 11.9 Å². The Morgan fingerprint density at radius 3 is 2.71 bits per heavy atom. The zero-order chi connectivity index (χ0) is 14.7. The average Bonchev–Trinajstić information content (AvgIpc) is 2.55. The molecule has 0 aliphatic carbocycles. The predicted octanol–water partition coefficient (Wildman–Crippen LogP) is 2.34. The van der Waals surface area contributed by atoms with Crippen LogP contribution in [0.3, 0.4) is 0 Å². The smallest absolute Gasteiger partial charge is 0.231 e. The lowest BCUT2D eigenvalue weighted by Gasteiger charge is -2.24. The Morgan fingerprint density at radius 2 is 1.95 bits per heavy atom. The van der Waals surface area contributed by atoms with Gasteiger partial charge in [0.1, 0.15) is 12.4 Å². The molecule has 0 spiro atoms. The maximum atomic E-state index is 12.3. The molecule has 1 amide bonds. The van der Waals surface area contributed by atoms with Crippen LogP contribution in [-0.4, -0.2) is 12.5 Å². The molecule has 1 atom stereocenters. The lowest BCUT2D eigenvalue weighted by atomic mass is 9.96. The highest BCUT2D eigenvalue weighted by Gasteiger charge is 2.25. The lowest BCUT2D eigenvalue weighted by Crippen LogP contribution is -2.32. The molecule has 108 valence electrons. The second-order valence-corrected chi connectivity index (χ2v) is 5.21. The monoisotopic (exact) mass is 282 g/mol. The number of para-hydroxylation sites is 1. The molecule has 0 saturated carbocycles. The molecule has 2 aromatic carbocycles. The van der Waals surface area contributed by atoms with Crippen LogP contribution < -0.4 is 15.8 Å². The zero-order valence-corrected chi connectivity index (χ0v) is 11.7. The summed E-state index contributed by atoms with van der Waals surface area (Å²) >= 11 is 0. The van der Waals surface area contributed by atoms with Gasteiger partial charge in [0.25, 0.3) is 0 Å². The third-order valence-electron chi connectivity index (χ3n) is 3.71. The molecule has 4 heteroatoms. The number of carbonyl (C=O) groups excluding carboxylic acids is 1. The van der Waals surface area contributed by atoms with Crippen LogP contribution in [0.5, 0.6) is 5.75 Å². The van der Waals surface area contributed by atoms with Gasteiger partial charge in [0.2, 0.25) is 5.91 Å². The summed E-state index contributed by atoms with van der Waals surface area (Å²) in [5.74, 6) is 0.716. The van der Waals surface area contributed by atoms with Crippen LogP contribution in [-0.2, 0) is 17.8 Å². The van der Waals surface area contributed by atoms with Gasteiger partial charge in [-0.1, -0.05) is 30.3 Å². The Labute approximate surface area is 123 Å². The van der Waals surface area contributed by atoms with Crippen LogP contribution in [0.2, 0.25) is 0 Å². The van der Waals surface area contributed by atoms with Crippen molar-refractivity contribution >= 4 is 11.6 Å². The molecule has 2 aromatic rings.